The van der Waals surface area contributed by atoms with E-state index in [-0.39, 0.29) is 11.5 Å². The Morgan fingerprint density at radius 2 is 1.62 bits per heavy atom. The average Bonchev–Trinajstić information content (AvgIpc) is 2.44. The van der Waals surface area contributed by atoms with E-state index in [0.717, 1.165) is 18.8 Å². The minimum absolute atomic E-state index is 0.0470. The molecule has 2 N–H and O–H groups in total. The number of anilines is 2. The van der Waals surface area contributed by atoms with Crippen molar-refractivity contribution in [2.45, 2.75) is 52.6 Å². The lowest BCUT2D eigenvalue weighted by Crippen LogP contribution is -2.50. The Morgan fingerprint density at radius 3 is 2.12 bits per heavy atom. The van der Waals surface area contributed by atoms with Crippen LogP contribution in [0, 0.1) is 0 Å². The van der Waals surface area contributed by atoms with Crippen molar-refractivity contribution in [2.75, 3.05) is 36.8 Å². The molecule has 1 heterocycles. The largest absolute Gasteiger partial charge is 0.444 e. The van der Waals surface area contributed by atoms with E-state index < -0.39 is 5.60 Å². The number of piperazine rings is 1. The number of benzene rings is 1. The number of nitrogen functional groups attached to an aromatic ring is 1. The number of nitrogens with zero attached hydrogens (tertiary/aromatic N) is 2. The Bertz CT molecular complexity index is 592. The van der Waals surface area contributed by atoms with Gasteiger partial charge in [0.15, 0.2) is 0 Å². The smallest absolute Gasteiger partial charge is 0.410 e. The van der Waals surface area contributed by atoms with Crippen molar-refractivity contribution in [2.24, 2.45) is 0 Å². The van der Waals surface area contributed by atoms with E-state index >= 15 is 0 Å². The number of hydrogen-bond donors (Lipinski definition) is 1. The van der Waals surface area contributed by atoms with E-state index in [9.17, 15) is 4.79 Å². The van der Waals surface area contributed by atoms with Gasteiger partial charge in [-0.2, -0.15) is 0 Å². The standard InChI is InChI=1S/C19H31N3O2/c1-18(2,3)15-8-7-14(20)13-16(15)21-9-11-22(12-10-21)17(23)24-19(4,5)6/h7-8,13H,9-12,20H2,1-6H3. The van der Waals surface area contributed by atoms with Crippen molar-refractivity contribution < 1.29 is 9.53 Å². The van der Waals surface area contributed by atoms with Crippen molar-refractivity contribution >= 4 is 17.5 Å². The number of nitrogens with two attached hydrogens (primary N) is 1. The Morgan fingerprint density at radius 1 is 1.04 bits per heavy atom. The summed E-state index contributed by atoms with van der Waals surface area (Å²) >= 11 is 0. The van der Waals surface area contributed by atoms with E-state index in [2.05, 4.69) is 31.7 Å². The highest BCUT2D eigenvalue weighted by molar-refractivity contribution is 5.69. The molecule has 1 aliphatic rings. The molecule has 5 nitrogen and oxygen atoms in total. The van der Waals surface area contributed by atoms with E-state index in [1.165, 1.54) is 11.3 Å². The van der Waals surface area contributed by atoms with E-state index in [1.807, 2.05) is 32.9 Å². The fourth-order valence-electron chi connectivity index (χ4n) is 2.90. The molecule has 1 aliphatic heterocycles. The third kappa shape index (κ3) is 4.56. The summed E-state index contributed by atoms with van der Waals surface area (Å²) in [6.07, 6.45) is -0.231. The first kappa shape index (κ1) is 18.4. The highest BCUT2D eigenvalue weighted by Gasteiger charge is 2.28. The summed E-state index contributed by atoms with van der Waals surface area (Å²) in [5, 5.41) is 0. The number of hydrogen-bond acceptors (Lipinski definition) is 4. The highest BCUT2D eigenvalue weighted by atomic mass is 16.6. The highest BCUT2D eigenvalue weighted by Crippen LogP contribution is 2.34. The minimum Gasteiger partial charge on any atom is -0.444 e. The molecule has 1 amide bonds. The number of carbonyl (C=O) groups is 1. The van der Waals surface area contributed by atoms with Gasteiger partial charge in [-0.15, -0.1) is 0 Å². The molecule has 1 saturated heterocycles. The van der Waals surface area contributed by atoms with Gasteiger partial charge < -0.3 is 20.3 Å². The minimum atomic E-state index is -0.457. The maximum absolute atomic E-state index is 12.2. The molecule has 0 aliphatic carbocycles. The zero-order valence-corrected chi connectivity index (χ0v) is 15.8. The maximum Gasteiger partial charge on any atom is 0.410 e. The summed E-state index contributed by atoms with van der Waals surface area (Å²) < 4.78 is 5.46. The zero-order valence-electron chi connectivity index (χ0n) is 15.8. The molecule has 0 radical (unpaired) electrons. The molecule has 1 aromatic carbocycles. The van der Waals surface area contributed by atoms with Crippen LogP contribution in [-0.2, 0) is 10.2 Å². The topological polar surface area (TPSA) is 58.8 Å². The Labute approximate surface area is 145 Å². The second kappa shape index (κ2) is 6.54. The van der Waals surface area contributed by atoms with Gasteiger partial charge in [0.2, 0.25) is 0 Å². The molecule has 0 bridgehead atoms. The first-order valence-electron chi connectivity index (χ1n) is 8.60. The molecule has 0 aromatic heterocycles. The van der Waals surface area contributed by atoms with Gasteiger partial charge in [0.25, 0.3) is 0 Å². The lowest BCUT2D eigenvalue weighted by atomic mass is 9.85. The Hall–Kier alpha value is -1.91. The van der Waals surface area contributed by atoms with Gasteiger partial charge in [-0.3, -0.25) is 0 Å². The molecule has 2 rings (SSSR count). The second-order valence-electron chi connectivity index (χ2n) is 8.48. The van der Waals surface area contributed by atoms with Crippen LogP contribution in [-0.4, -0.2) is 42.8 Å². The molecule has 0 spiro atoms. The van der Waals surface area contributed by atoms with Crippen LogP contribution in [0.1, 0.15) is 47.1 Å². The Kier molecular flexibility index (Phi) is 5.02. The summed E-state index contributed by atoms with van der Waals surface area (Å²) in [6, 6.07) is 6.12. The van der Waals surface area contributed by atoms with E-state index in [0.29, 0.717) is 13.1 Å². The van der Waals surface area contributed by atoms with E-state index in [4.69, 9.17) is 10.5 Å². The number of ether oxygens (including phenoxy) is 1. The van der Waals surface area contributed by atoms with Gasteiger partial charge in [-0.25, -0.2) is 4.79 Å². The third-order valence-electron chi connectivity index (χ3n) is 4.10. The summed E-state index contributed by atoms with van der Waals surface area (Å²) in [5.74, 6) is 0. The lowest BCUT2D eigenvalue weighted by Gasteiger charge is -2.39. The predicted octanol–water partition coefficient (Wildman–Crippen LogP) is 3.62. The predicted molar refractivity (Wildman–Crippen MR) is 99.6 cm³/mol. The van der Waals surface area contributed by atoms with Crippen molar-refractivity contribution in [3.05, 3.63) is 23.8 Å². The normalized spacial score (nSPS) is 16.2. The van der Waals surface area contributed by atoms with Gasteiger partial charge in [0.1, 0.15) is 5.60 Å². The van der Waals surface area contributed by atoms with Crippen LogP contribution in [0.25, 0.3) is 0 Å². The molecule has 0 unspecified atom stereocenters. The van der Waals surface area contributed by atoms with Crippen molar-refractivity contribution in [1.29, 1.82) is 0 Å². The summed E-state index contributed by atoms with van der Waals surface area (Å²) in [5.41, 5.74) is 8.82. The van der Waals surface area contributed by atoms with Crippen LogP contribution in [0.4, 0.5) is 16.2 Å². The van der Waals surface area contributed by atoms with Gasteiger partial charge in [0, 0.05) is 37.6 Å². The lowest BCUT2D eigenvalue weighted by molar-refractivity contribution is 0.0240. The third-order valence-corrected chi connectivity index (χ3v) is 4.10. The molecule has 5 heteroatoms. The number of carbonyl (C=O) groups excluding carboxylic acids is 1. The van der Waals surface area contributed by atoms with Crippen LogP contribution in [0.2, 0.25) is 0 Å². The molecule has 134 valence electrons. The van der Waals surface area contributed by atoms with Gasteiger partial charge in [-0.05, 0) is 43.9 Å². The van der Waals surface area contributed by atoms with Gasteiger partial charge in [0.05, 0.1) is 0 Å². The molecule has 1 aromatic rings. The molecular formula is C19H31N3O2. The first-order valence-corrected chi connectivity index (χ1v) is 8.60. The molecule has 0 atom stereocenters. The summed E-state index contributed by atoms with van der Waals surface area (Å²) in [4.78, 5) is 16.3. The molecule has 0 saturated carbocycles. The van der Waals surface area contributed by atoms with E-state index in [1.54, 1.807) is 4.90 Å². The quantitative estimate of drug-likeness (QED) is 0.797. The van der Waals surface area contributed by atoms with Crippen LogP contribution in [0.15, 0.2) is 18.2 Å². The molecule has 24 heavy (non-hydrogen) atoms. The molecule has 1 fully saturated rings. The van der Waals surface area contributed by atoms with Crippen LogP contribution < -0.4 is 10.6 Å². The summed E-state index contributed by atoms with van der Waals surface area (Å²) in [7, 11) is 0. The fraction of sp³-hybridized carbons (Fsp3) is 0.632. The van der Waals surface area contributed by atoms with Crippen LogP contribution in [0.5, 0.6) is 0 Å². The van der Waals surface area contributed by atoms with Gasteiger partial charge in [-0.1, -0.05) is 26.8 Å². The van der Waals surface area contributed by atoms with Crippen molar-refractivity contribution in [1.82, 2.24) is 4.90 Å². The number of amides is 1. The van der Waals surface area contributed by atoms with Crippen molar-refractivity contribution in [3.8, 4) is 0 Å². The number of rotatable bonds is 1. The monoisotopic (exact) mass is 333 g/mol. The second-order valence-corrected chi connectivity index (χ2v) is 8.48. The average molecular weight is 333 g/mol. The SMILES string of the molecule is CC(C)(C)OC(=O)N1CCN(c2cc(N)ccc2C(C)(C)C)CC1. The van der Waals surface area contributed by atoms with Crippen LogP contribution >= 0.6 is 0 Å². The van der Waals surface area contributed by atoms with Crippen LogP contribution in [0.3, 0.4) is 0 Å². The zero-order chi connectivity index (χ0) is 18.1. The van der Waals surface area contributed by atoms with Gasteiger partial charge >= 0.3 is 6.09 Å². The maximum atomic E-state index is 12.2. The van der Waals surface area contributed by atoms with Crippen molar-refractivity contribution in [3.63, 3.8) is 0 Å². The Balaban J connectivity index is 2.10. The first-order chi connectivity index (χ1) is 11.0. The molecular weight excluding hydrogens is 302 g/mol. The fourth-order valence-corrected chi connectivity index (χ4v) is 2.90. The summed E-state index contributed by atoms with van der Waals surface area (Å²) in [6.45, 7) is 15.2.